The van der Waals surface area contributed by atoms with Crippen LogP contribution in [0.5, 0.6) is 5.75 Å². The van der Waals surface area contributed by atoms with Crippen molar-refractivity contribution in [3.05, 3.63) is 52.9 Å². The SMILES string of the molecule is CN(C)[C@H]1CC[C@H](N(C)c2c(C(=O)C3CC3)cnc3ccc(-c4cc(F)c(O)c(Cl)c4)cc23)CC1. The molecule has 0 aliphatic heterocycles. The van der Waals surface area contributed by atoms with Gasteiger partial charge in [0, 0.05) is 36.6 Å². The highest BCUT2D eigenvalue weighted by Gasteiger charge is 2.35. The Morgan fingerprint density at radius 2 is 1.69 bits per heavy atom. The summed E-state index contributed by atoms with van der Waals surface area (Å²) in [5.74, 6) is -1.08. The van der Waals surface area contributed by atoms with E-state index in [4.69, 9.17) is 11.6 Å². The first-order valence-corrected chi connectivity index (χ1v) is 12.7. The largest absolute Gasteiger partial charge is 0.504 e. The molecule has 35 heavy (non-hydrogen) atoms. The maximum absolute atomic E-state index is 14.2. The van der Waals surface area contributed by atoms with Crippen LogP contribution in [0.4, 0.5) is 10.1 Å². The number of fused-ring (bicyclic) bond motifs is 1. The first kappa shape index (κ1) is 24.0. The van der Waals surface area contributed by atoms with Gasteiger partial charge in [-0.3, -0.25) is 9.78 Å². The van der Waals surface area contributed by atoms with Crippen LogP contribution in [0.15, 0.2) is 36.5 Å². The molecule has 0 bridgehead atoms. The molecule has 0 amide bonds. The van der Waals surface area contributed by atoms with Gasteiger partial charge in [0.1, 0.15) is 0 Å². The van der Waals surface area contributed by atoms with Crippen molar-refractivity contribution >= 4 is 34.0 Å². The molecule has 5 rings (SSSR count). The van der Waals surface area contributed by atoms with Crippen LogP contribution in [0.2, 0.25) is 5.02 Å². The number of hydrogen-bond donors (Lipinski definition) is 1. The van der Waals surface area contributed by atoms with Gasteiger partial charge < -0.3 is 14.9 Å². The summed E-state index contributed by atoms with van der Waals surface area (Å²) in [6.07, 6.45) is 7.94. The van der Waals surface area contributed by atoms with E-state index in [1.807, 2.05) is 18.2 Å². The summed E-state index contributed by atoms with van der Waals surface area (Å²) < 4.78 is 14.2. The van der Waals surface area contributed by atoms with E-state index in [0.717, 1.165) is 60.7 Å². The number of aromatic nitrogens is 1. The van der Waals surface area contributed by atoms with Crippen molar-refractivity contribution in [1.82, 2.24) is 9.88 Å². The van der Waals surface area contributed by atoms with Gasteiger partial charge in [-0.05, 0) is 88.0 Å². The summed E-state index contributed by atoms with van der Waals surface area (Å²) in [6.45, 7) is 0. The number of pyridine rings is 1. The smallest absolute Gasteiger partial charge is 0.170 e. The third kappa shape index (κ3) is 4.62. The Labute approximate surface area is 210 Å². The van der Waals surface area contributed by atoms with Crippen LogP contribution >= 0.6 is 11.6 Å². The summed E-state index contributed by atoms with van der Waals surface area (Å²) in [5.41, 5.74) is 3.68. The van der Waals surface area contributed by atoms with Crippen LogP contribution in [0.3, 0.4) is 0 Å². The molecule has 5 nitrogen and oxygen atoms in total. The Hall–Kier alpha value is -2.70. The fourth-order valence-corrected chi connectivity index (χ4v) is 5.57. The van der Waals surface area contributed by atoms with Crippen LogP contribution in [0.1, 0.15) is 48.9 Å². The van der Waals surface area contributed by atoms with E-state index in [-0.39, 0.29) is 16.7 Å². The van der Waals surface area contributed by atoms with Crippen molar-refractivity contribution < 1.29 is 14.3 Å². The molecule has 0 saturated heterocycles. The minimum absolute atomic E-state index is 0.0362. The summed E-state index contributed by atoms with van der Waals surface area (Å²) in [7, 11) is 6.36. The Balaban J connectivity index is 1.61. The highest BCUT2D eigenvalue weighted by Crippen LogP contribution is 2.41. The van der Waals surface area contributed by atoms with Crippen molar-refractivity contribution in [3.63, 3.8) is 0 Å². The number of anilines is 1. The van der Waals surface area contributed by atoms with Crippen LogP contribution in [-0.4, -0.2) is 54.0 Å². The van der Waals surface area contributed by atoms with Gasteiger partial charge in [-0.15, -0.1) is 0 Å². The number of hydrogen-bond acceptors (Lipinski definition) is 5. The number of nitrogens with zero attached hydrogens (tertiary/aromatic N) is 3. The van der Waals surface area contributed by atoms with E-state index in [2.05, 4.69) is 35.9 Å². The lowest BCUT2D eigenvalue weighted by molar-refractivity contribution is 0.0967. The van der Waals surface area contributed by atoms with Gasteiger partial charge in [0.15, 0.2) is 17.3 Å². The molecule has 7 heteroatoms. The molecule has 2 aliphatic carbocycles. The zero-order chi connectivity index (χ0) is 24.9. The van der Waals surface area contributed by atoms with Gasteiger partial charge in [0.2, 0.25) is 0 Å². The molecule has 3 aromatic rings. The maximum atomic E-state index is 14.2. The zero-order valence-corrected chi connectivity index (χ0v) is 21.1. The zero-order valence-electron chi connectivity index (χ0n) is 20.4. The molecule has 1 aromatic heterocycles. The predicted molar refractivity (Wildman–Crippen MR) is 139 cm³/mol. The lowest BCUT2D eigenvalue weighted by Crippen LogP contribution is -2.41. The molecule has 0 unspecified atom stereocenters. The molecule has 0 radical (unpaired) electrons. The third-order valence-electron chi connectivity index (χ3n) is 7.70. The second-order valence-electron chi connectivity index (χ2n) is 10.2. The molecule has 2 aromatic carbocycles. The third-order valence-corrected chi connectivity index (χ3v) is 7.99. The first-order chi connectivity index (χ1) is 16.7. The lowest BCUT2D eigenvalue weighted by atomic mass is 9.88. The minimum atomic E-state index is -0.765. The van der Waals surface area contributed by atoms with Crippen LogP contribution < -0.4 is 4.90 Å². The Bertz CT molecular complexity index is 1260. The molecule has 2 fully saturated rings. The summed E-state index contributed by atoms with van der Waals surface area (Å²) in [6, 6.07) is 9.47. The monoisotopic (exact) mass is 495 g/mol. The van der Waals surface area contributed by atoms with Crippen LogP contribution in [0.25, 0.3) is 22.0 Å². The highest BCUT2D eigenvalue weighted by atomic mass is 35.5. The predicted octanol–water partition coefficient (Wildman–Crippen LogP) is 6.30. The maximum Gasteiger partial charge on any atom is 0.170 e. The quantitative estimate of drug-likeness (QED) is 0.406. The second kappa shape index (κ2) is 9.40. The van der Waals surface area contributed by atoms with Gasteiger partial charge in [0.05, 0.1) is 21.8 Å². The molecule has 2 aliphatic rings. The van der Waals surface area contributed by atoms with Crippen molar-refractivity contribution in [1.29, 1.82) is 0 Å². The molecule has 1 heterocycles. The van der Waals surface area contributed by atoms with Crippen LogP contribution in [-0.2, 0) is 0 Å². The van der Waals surface area contributed by atoms with E-state index in [1.165, 1.54) is 6.07 Å². The molecular formula is C28H31ClFN3O2. The second-order valence-corrected chi connectivity index (χ2v) is 10.6. The van der Waals surface area contributed by atoms with Crippen molar-refractivity contribution in [2.24, 2.45) is 5.92 Å². The van der Waals surface area contributed by atoms with Crippen LogP contribution in [0, 0.1) is 11.7 Å². The number of aromatic hydroxyl groups is 1. The Morgan fingerprint density at radius 1 is 1.00 bits per heavy atom. The molecular weight excluding hydrogens is 465 g/mol. The van der Waals surface area contributed by atoms with Gasteiger partial charge in [-0.1, -0.05) is 17.7 Å². The standard InChI is InChI=1S/C28H31ClFN3O2/c1-32(2)19-7-9-20(10-8-19)33(3)26-21-12-17(18-13-23(29)28(35)24(30)14-18)6-11-25(21)31-15-22(26)27(34)16-4-5-16/h6,11-16,19-20,35H,4-5,7-10H2,1-3H3/t19-,20-. The lowest BCUT2D eigenvalue weighted by Gasteiger charge is -2.39. The van der Waals surface area contributed by atoms with Crippen molar-refractivity contribution in [2.45, 2.75) is 50.6 Å². The number of carbonyl (C=O) groups is 1. The number of phenolic OH excluding ortho intramolecular Hbond substituents is 1. The van der Waals surface area contributed by atoms with Gasteiger partial charge >= 0.3 is 0 Å². The number of carbonyl (C=O) groups excluding carboxylic acids is 1. The first-order valence-electron chi connectivity index (χ1n) is 12.3. The summed E-state index contributed by atoms with van der Waals surface area (Å²) >= 11 is 6.05. The number of halogens is 2. The number of rotatable bonds is 6. The number of ketones is 1. The minimum Gasteiger partial charge on any atom is -0.504 e. The van der Waals surface area contributed by atoms with Gasteiger partial charge in [-0.2, -0.15) is 0 Å². The van der Waals surface area contributed by atoms with Gasteiger partial charge in [-0.25, -0.2) is 4.39 Å². The van der Waals surface area contributed by atoms with Crippen molar-refractivity contribution in [3.8, 4) is 16.9 Å². The van der Waals surface area contributed by atoms with E-state index < -0.39 is 11.6 Å². The molecule has 1 N–H and O–H groups in total. The highest BCUT2D eigenvalue weighted by molar-refractivity contribution is 6.32. The normalized spacial score (nSPS) is 20.4. The van der Waals surface area contributed by atoms with Crippen molar-refractivity contribution in [2.75, 3.05) is 26.0 Å². The average Bonchev–Trinajstić information content (AvgIpc) is 3.71. The molecule has 184 valence electrons. The summed E-state index contributed by atoms with van der Waals surface area (Å²) in [5, 5.41) is 10.6. The van der Waals surface area contributed by atoms with E-state index in [1.54, 1.807) is 12.3 Å². The topological polar surface area (TPSA) is 56.7 Å². The molecule has 0 atom stereocenters. The van der Waals surface area contributed by atoms with E-state index in [0.29, 0.717) is 23.2 Å². The Kier molecular flexibility index (Phi) is 6.45. The summed E-state index contributed by atoms with van der Waals surface area (Å²) in [4.78, 5) is 22.5. The number of benzene rings is 2. The Morgan fingerprint density at radius 3 is 2.31 bits per heavy atom. The molecule has 2 saturated carbocycles. The fraction of sp³-hybridized carbons (Fsp3) is 0.429. The van der Waals surface area contributed by atoms with Gasteiger partial charge in [0.25, 0.3) is 0 Å². The number of Topliss-reactive ketones (excluding diaryl/α,β-unsaturated/α-hetero) is 1. The average molecular weight is 496 g/mol. The number of phenols is 1. The van der Waals surface area contributed by atoms with E-state index >= 15 is 0 Å². The molecule has 0 spiro atoms. The van der Waals surface area contributed by atoms with E-state index in [9.17, 15) is 14.3 Å². The fourth-order valence-electron chi connectivity index (χ4n) is 5.36.